The Morgan fingerprint density at radius 3 is 2.55 bits per heavy atom. The molecule has 1 rings (SSSR count). The van der Waals surface area contributed by atoms with E-state index in [1.807, 2.05) is 18.4 Å². The number of hydrogen-bond acceptors (Lipinski definition) is 4. The zero-order valence-corrected chi connectivity index (χ0v) is 12.5. The molecule has 0 radical (unpaired) electrons. The monoisotopic (exact) mass is 282 g/mol. The van der Waals surface area contributed by atoms with Gasteiger partial charge in [0.2, 0.25) is 5.43 Å². The van der Waals surface area contributed by atoms with Crippen LogP contribution in [-0.2, 0) is 11.3 Å². The summed E-state index contributed by atoms with van der Waals surface area (Å²) >= 11 is 0. The average Bonchev–Trinajstić information content (AvgIpc) is 2.44. The standard InChI is InChI=1S/C14H22N2O4/c1-5-15(6-2)14(18)20-13-11(3)16(9-10-19-4)8-7-12(13)17/h7-8H,5-6,9-10H2,1-4H3. The lowest BCUT2D eigenvalue weighted by atomic mass is 10.3. The Bertz CT molecular complexity index is 506. The Morgan fingerprint density at radius 2 is 2.00 bits per heavy atom. The number of ether oxygens (including phenoxy) is 2. The molecule has 0 atom stereocenters. The van der Waals surface area contributed by atoms with Gasteiger partial charge in [-0.25, -0.2) is 4.79 Å². The maximum atomic E-state index is 11.9. The molecule has 0 aliphatic carbocycles. The Balaban J connectivity index is 2.99. The quantitative estimate of drug-likeness (QED) is 0.796. The second-order valence-electron chi connectivity index (χ2n) is 4.32. The average molecular weight is 282 g/mol. The highest BCUT2D eigenvalue weighted by atomic mass is 16.6. The van der Waals surface area contributed by atoms with Gasteiger partial charge < -0.3 is 18.9 Å². The normalized spacial score (nSPS) is 10.4. The molecule has 6 nitrogen and oxygen atoms in total. The Kier molecular flexibility index (Phi) is 6.24. The van der Waals surface area contributed by atoms with E-state index in [-0.39, 0.29) is 11.2 Å². The molecule has 0 fully saturated rings. The van der Waals surface area contributed by atoms with E-state index in [0.29, 0.717) is 31.9 Å². The van der Waals surface area contributed by atoms with Crippen LogP contribution in [0.3, 0.4) is 0 Å². The first kappa shape index (κ1) is 16.2. The molecule has 0 spiro atoms. The van der Waals surface area contributed by atoms with Gasteiger partial charge >= 0.3 is 6.09 Å². The molecule has 0 bridgehead atoms. The number of nitrogens with zero attached hydrogens (tertiary/aromatic N) is 2. The minimum atomic E-state index is -0.500. The molecule has 1 aromatic heterocycles. The first-order chi connectivity index (χ1) is 9.54. The third kappa shape index (κ3) is 3.84. The summed E-state index contributed by atoms with van der Waals surface area (Å²) < 4.78 is 12.1. The van der Waals surface area contributed by atoms with Crippen LogP contribution in [0.25, 0.3) is 0 Å². The van der Waals surface area contributed by atoms with Crippen LogP contribution in [0.2, 0.25) is 0 Å². The molecule has 0 aliphatic heterocycles. The molecule has 1 heterocycles. The van der Waals surface area contributed by atoms with Gasteiger partial charge in [-0.2, -0.15) is 0 Å². The lowest BCUT2D eigenvalue weighted by Gasteiger charge is -2.19. The highest BCUT2D eigenvalue weighted by Gasteiger charge is 2.17. The minimum absolute atomic E-state index is 0.0838. The fraction of sp³-hybridized carbons (Fsp3) is 0.571. The highest BCUT2D eigenvalue weighted by Crippen LogP contribution is 2.13. The number of hydrogen-bond donors (Lipinski definition) is 0. The molecular formula is C14H22N2O4. The van der Waals surface area contributed by atoms with Gasteiger partial charge in [-0.15, -0.1) is 0 Å². The summed E-state index contributed by atoms with van der Waals surface area (Å²) in [6, 6.07) is 1.40. The van der Waals surface area contributed by atoms with Crippen molar-refractivity contribution in [3.05, 3.63) is 28.2 Å². The number of rotatable bonds is 6. The Morgan fingerprint density at radius 1 is 1.35 bits per heavy atom. The van der Waals surface area contributed by atoms with Crippen molar-refractivity contribution in [3.63, 3.8) is 0 Å². The van der Waals surface area contributed by atoms with Crippen LogP contribution in [0.4, 0.5) is 4.79 Å². The van der Waals surface area contributed by atoms with Crippen molar-refractivity contribution in [2.45, 2.75) is 27.3 Å². The van der Waals surface area contributed by atoms with Crippen LogP contribution in [-0.4, -0.2) is 42.4 Å². The second kappa shape index (κ2) is 7.69. The van der Waals surface area contributed by atoms with Crippen LogP contribution in [0.5, 0.6) is 5.75 Å². The molecule has 0 N–H and O–H groups in total. The van der Waals surface area contributed by atoms with E-state index < -0.39 is 6.09 Å². The van der Waals surface area contributed by atoms with Gasteiger partial charge in [-0.05, 0) is 20.8 Å². The van der Waals surface area contributed by atoms with E-state index in [1.165, 1.54) is 11.0 Å². The smallest absolute Gasteiger partial charge is 0.404 e. The zero-order chi connectivity index (χ0) is 15.1. The topological polar surface area (TPSA) is 60.8 Å². The fourth-order valence-corrected chi connectivity index (χ4v) is 1.84. The number of pyridine rings is 1. The number of carbonyl (C=O) groups excluding carboxylic acids is 1. The molecule has 1 amide bonds. The predicted octanol–water partition coefficient (Wildman–Crippen LogP) is 1.64. The second-order valence-corrected chi connectivity index (χ2v) is 4.32. The molecule has 0 aliphatic rings. The largest absolute Gasteiger partial charge is 0.415 e. The summed E-state index contributed by atoms with van der Waals surface area (Å²) in [4.78, 5) is 25.3. The number of amides is 1. The first-order valence-electron chi connectivity index (χ1n) is 6.70. The molecule has 0 saturated carbocycles. The SMILES string of the molecule is CCN(CC)C(=O)Oc1c(C)n(CCOC)ccc1=O. The number of aromatic nitrogens is 1. The van der Waals surface area contributed by atoms with Crippen molar-refractivity contribution in [3.8, 4) is 5.75 Å². The summed E-state index contributed by atoms with van der Waals surface area (Å²) in [5.74, 6) is 0.0838. The summed E-state index contributed by atoms with van der Waals surface area (Å²) in [6.45, 7) is 7.67. The van der Waals surface area contributed by atoms with E-state index in [2.05, 4.69) is 0 Å². The van der Waals surface area contributed by atoms with Crippen molar-refractivity contribution in [1.82, 2.24) is 9.47 Å². The molecule has 112 valence electrons. The van der Waals surface area contributed by atoms with Gasteiger partial charge in [0.25, 0.3) is 0 Å². The molecule has 0 saturated heterocycles. The first-order valence-corrected chi connectivity index (χ1v) is 6.70. The molecule has 0 unspecified atom stereocenters. The maximum absolute atomic E-state index is 11.9. The van der Waals surface area contributed by atoms with Crippen LogP contribution < -0.4 is 10.2 Å². The van der Waals surface area contributed by atoms with Crippen molar-refractivity contribution in [2.24, 2.45) is 0 Å². The summed E-state index contributed by atoms with van der Waals surface area (Å²) in [5, 5.41) is 0. The van der Waals surface area contributed by atoms with Gasteiger partial charge in [0, 0.05) is 39.0 Å². The molecule has 6 heteroatoms. The summed E-state index contributed by atoms with van der Waals surface area (Å²) in [6.07, 6.45) is 1.17. The van der Waals surface area contributed by atoms with E-state index in [1.54, 1.807) is 20.2 Å². The summed E-state index contributed by atoms with van der Waals surface area (Å²) in [5.41, 5.74) is 0.326. The third-order valence-electron chi connectivity index (χ3n) is 3.14. The lowest BCUT2D eigenvalue weighted by Crippen LogP contribution is -2.34. The predicted molar refractivity (Wildman–Crippen MR) is 76.3 cm³/mol. The van der Waals surface area contributed by atoms with Crippen LogP contribution in [0, 0.1) is 6.92 Å². The van der Waals surface area contributed by atoms with Gasteiger partial charge in [0.1, 0.15) is 0 Å². The van der Waals surface area contributed by atoms with Crippen molar-refractivity contribution in [2.75, 3.05) is 26.8 Å². The fourth-order valence-electron chi connectivity index (χ4n) is 1.84. The van der Waals surface area contributed by atoms with Gasteiger partial charge in [-0.1, -0.05) is 0 Å². The van der Waals surface area contributed by atoms with Gasteiger partial charge in [-0.3, -0.25) is 4.79 Å². The van der Waals surface area contributed by atoms with Gasteiger partial charge in [0.05, 0.1) is 12.3 Å². The number of carbonyl (C=O) groups is 1. The van der Waals surface area contributed by atoms with Gasteiger partial charge in [0.15, 0.2) is 5.75 Å². The molecule has 20 heavy (non-hydrogen) atoms. The lowest BCUT2D eigenvalue weighted by molar-refractivity contribution is 0.155. The van der Waals surface area contributed by atoms with Crippen LogP contribution in [0.15, 0.2) is 17.1 Å². The Hall–Kier alpha value is -1.82. The third-order valence-corrected chi connectivity index (χ3v) is 3.14. The van der Waals surface area contributed by atoms with E-state index in [0.717, 1.165) is 0 Å². The van der Waals surface area contributed by atoms with Crippen molar-refractivity contribution >= 4 is 6.09 Å². The van der Waals surface area contributed by atoms with E-state index in [4.69, 9.17) is 9.47 Å². The zero-order valence-electron chi connectivity index (χ0n) is 12.5. The number of methoxy groups -OCH3 is 1. The molecular weight excluding hydrogens is 260 g/mol. The van der Waals surface area contributed by atoms with Crippen molar-refractivity contribution < 1.29 is 14.3 Å². The molecule has 1 aromatic rings. The summed E-state index contributed by atoms with van der Waals surface area (Å²) in [7, 11) is 1.61. The minimum Gasteiger partial charge on any atom is -0.404 e. The molecule has 0 aromatic carbocycles. The highest BCUT2D eigenvalue weighted by molar-refractivity contribution is 5.70. The Labute approximate surface area is 118 Å². The van der Waals surface area contributed by atoms with Crippen LogP contribution >= 0.6 is 0 Å². The van der Waals surface area contributed by atoms with Crippen LogP contribution in [0.1, 0.15) is 19.5 Å². The maximum Gasteiger partial charge on any atom is 0.415 e. The van der Waals surface area contributed by atoms with Crippen molar-refractivity contribution in [1.29, 1.82) is 0 Å². The van der Waals surface area contributed by atoms with E-state index in [9.17, 15) is 9.59 Å². The van der Waals surface area contributed by atoms with E-state index >= 15 is 0 Å².